The van der Waals surface area contributed by atoms with Crippen LogP contribution in [0.1, 0.15) is 26.7 Å². The number of nitrogens with one attached hydrogen (secondary N) is 1. The average Bonchev–Trinajstić information content (AvgIpc) is 2.53. The summed E-state index contributed by atoms with van der Waals surface area (Å²) in [5.74, 6) is 0. The molecule has 1 saturated heterocycles. The number of para-hydroxylation sites is 1. The molecule has 0 radical (unpaired) electrons. The first-order valence-corrected chi connectivity index (χ1v) is 8.56. The predicted molar refractivity (Wildman–Crippen MR) is 92.9 cm³/mol. The zero-order valence-electron chi connectivity index (χ0n) is 12.6. The van der Waals surface area contributed by atoms with E-state index in [4.69, 9.17) is 0 Å². The van der Waals surface area contributed by atoms with Crippen molar-refractivity contribution >= 4 is 32.5 Å². The maximum absolute atomic E-state index is 4.67. The zero-order valence-corrected chi connectivity index (χ0v) is 14.2. The molecule has 1 fully saturated rings. The van der Waals surface area contributed by atoms with Crippen molar-refractivity contribution in [2.75, 3.05) is 18.0 Å². The SMILES string of the molecule is CCC1CN(c2cccc3cc(Br)cnc23)C(CC)CN1. The molecule has 3 rings (SSSR count). The summed E-state index contributed by atoms with van der Waals surface area (Å²) < 4.78 is 1.03. The van der Waals surface area contributed by atoms with Gasteiger partial charge in [-0.1, -0.05) is 26.0 Å². The third kappa shape index (κ3) is 2.92. The number of fused-ring (bicyclic) bond motifs is 1. The monoisotopic (exact) mass is 347 g/mol. The van der Waals surface area contributed by atoms with Gasteiger partial charge in [0.05, 0.1) is 11.2 Å². The third-order valence-electron chi connectivity index (χ3n) is 4.43. The molecule has 0 bridgehead atoms. The van der Waals surface area contributed by atoms with Crippen LogP contribution < -0.4 is 10.2 Å². The normalized spacial score (nSPS) is 22.7. The molecule has 0 saturated carbocycles. The molecule has 21 heavy (non-hydrogen) atoms. The lowest BCUT2D eigenvalue weighted by atomic mass is 10.0. The number of pyridine rings is 1. The summed E-state index contributed by atoms with van der Waals surface area (Å²) in [5, 5.41) is 4.85. The molecule has 1 aromatic carbocycles. The van der Waals surface area contributed by atoms with Crippen LogP contribution >= 0.6 is 15.9 Å². The van der Waals surface area contributed by atoms with Gasteiger partial charge in [-0.2, -0.15) is 0 Å². The molecule has 112 valence electrons. The van der Waals surface area contributed by atoms with E-state index in [2.05, 4.69) is 69.2 Å². The highest BCUT2D eigenvalue weighted by Crippen LogP contribution is 2.30. The predicted octanol–water partition coefficient (Wildman–Crippen LogP) is 3.96. The largest absolute Gasteiger partial charge is 0.364 e. The standard InChI is InChI=1S/C17H22BrN3/c1-3-14-11-21(15(4-2)10-19-14)16-7-5-6-12-8-13(18)9-20-17(12)16/h5-9,14-15,19H,3-4,10-11H2,1-2H3. The second kappa shape index (κ2) is 6.32. The van der Waals surface area contributed by atoms with Crippen LogP contribution in [0.15, 0.2) is 34.9 Å². The van der Waals surface area contributed by atoms with E-state index >= 15 is 0 Å². The van der Waals surface area contributed by atoms with Crippen molar-refractivity contribution in [2.45, 2.75) is 38.8 Å². The summed E-state index contributed by atoms with van der Waals surface area (Å²) in [7, 11) is 0. The van der Waals surface area contributed by atoms with E-state index in [1.54, 1.807) is 0 Å². The molecule has 1 aromatic heterocycles. The van der Waals surface area contributed by atoms with E-state index in [0.717, 1.165) is 35.9 Å². The lowest BCUT2D eigenvalue weighted by molar-refractivity contribution is 0.379. The summed E-state index contributed by atoms with van der Waals surface area (Å²) in [6.07, 6.45) is 4.21. The van der Waals surface area contributed by atoms with Gasteiger partial charge >= 0.3 is 0 Å². The second-order valence-corrected chi connectivity index (χ2v) is 6.65. The quantitative estimate of drug-likeness (QED) is 0.910. The molecule has 2 atom stereocenters. The highest BCUT2D eigenvalue weighted by molar-refractivity contribution is 9.10. The average molecular weight is 348 g/mol. The lowest BCUT2D eigenvalue weighted by Gasteiger charge is -2.41. The molecule has 3 nitrogen and oxygen atoms in total. The van der Waals surface area contributed by atoms with E-state index in [-0.39, 0.29) is 0 Å². The van der Waals surface area contributed by atoms with Crippen LogP contribution in [0.5, 0.6) is 0 Å². The summed E-state index contributed by atoms with van der Waals surface area (Å²) >= 11 is 3.51. The van der Waals surface area contributed by atoms with Crippen molar-refractivity contribution in [2.24, 2.45) is 0 Å². The number of halogens is 1. The Labute approximate surface area is 134 Å². The highest BCUT2D eigenvalue weighted by atomic mass is 79.9. The summed E-state index contributed by atoms with van der Waals surface area (Å²) in [5.41, 5.74) is 2.38. The van der Waals surface area contributed by atoms with Crippen LogP contribution in [-0.4, -0.2) is 30.2 Å². The van der Waals surface area contributed by atoms with Gasteiger partial charge < -0.3 is 10.2 Å². The summed E-state index contributed by atoms with van der Waals surface area (Å²) in [4.78, 5) is 7.22. The minimum atomic E-state index is 0.545. The fourth-order valence-electron chi connectivity index (χ4n) is 3.15. The van der Waals surface area contributed by atoms with Gasteiger partial charge in [-0.3, -0.25) is 4.98 Å². The van der Waals surface area contributed by atoms with E-state index in [1.807, 2.05) is 6.20 Å². The van der Waals surface area contributed by atoms with Gasteiger partial charge in [-0.05, 0) is 40.9 Å². The van der Waals surface area contributed by atoms with Gasteiger partial charge in [0.15, 0.2) is 0 Å². The van der Waals surface area contributed by atoms with E-state index in [9.17, 15) is 0 Å². The van der Waals surface area contributed by atoms with Crippen LogP contribution in [-0.2, 0) is 0 Å². The van der Waals surface area contributed by atoms with Gasteiger partial charge in [0, 0.05) is 41.2 Å². The molecule has 4 heteroatoms. The van der Waals surface area contributed by atoms with Crippen molar-refractivity contribution in [1.29, 1.82) is 0 Å². The molecule has 1 aliphatic heterocycles. The number of hydrogen-bond donors (Lipinski definition) is 1. The minimum Gasteiger partial charge on any atom is -0.364 e. The fourth-order valence-corrected chi connectivity index (χ4v) is 3.50. The number of hydrogen-bond acceptors (Lipinski definition) is 3. The maximum Gasteiger partial charge on any atom is 0.0936 e. The molecule has 0 spiro atoms. The number of aromatic nitrogens is 1. The Morgan fingerprint density at radius 1 is 1.33 bits per heavy atom. The fraction of sp³-hybridized carbons (Fsp3) is 0.471. The van der Waals surface area contributed by atoms with E-state index in [0.29, 0.717) is 12.1 Å². The van der Waals surface area contributed by atoms with Gasteiger partial charge in [0.1, 0.15) is 0 Å². The summed E-state index contributed by atoms with van der Waals surface area (Å²) in [6.45, 7) is 6.63. The third-order valence-corrected chi connectivity index (χ3v) is 4.86. The van der Waals surface area contributed by atoms with Gasteiger partial charge in [0.25, 0.3) is 0 Å². The molecule has 1 aliphatic rings. The van der Waals surface area contributed by atoms with Crippen molar-refractivity contribution in [3.63, 3.8) is 0 Å². The van der Waals surface area contributed by atoms with Crippen LogP contribution in [0.25, 0.3) is 10.9 Å². The van der Waals surface area contributed by atoms with Gasteiger partial charge in [0.2, 0.25) is 0 Å². The smallest absolute Gasteiger partial charge is 0.0936 e. The Kier molecular flexibility index (Phi) is 4.45. The Morgan fingerprint density at radius 2 is 2.19 bits per heavy atom. The topological polar surface area (TPSA) is 28.2 Å². The lowest BCUT2D eigenvalue weighted by Crippen LogP contribution is -2.56. The number of rotatable bonds is 3. The molecule has 2 unspecified atom stereocenters. The molecule has 2 aromatic rings. The second-order valence-electron chi connectivity index (χ2n) is 5.73. The van der Waals surface area contributed by atoms with Crippen molar-refractivity contribution < 1.29 is 0 Å². The van der Waals surface area contributed by atoms with Gasteiger partial charge in [-0.15, -0.1) is 0 Å². The van der Waals surface area contributed by atoms with Crippen molar-refractivity contribution in [1.82, 2.24) is 10.3 Å². The first-order chi connectivity index (χ1) is 10.2. The molecular formula is C17H22BrN3. The van der Waals surface area contributed by atoms with Crippen LogP contribution in [0.4, 0.5) is 5.69 Å². The first kappa shape index (κ1) is 14.8. The molecular weight excluding hydrogens is 326 g/mol. The van der Waals surface area contributed by atoms with Crippen LogP contribution in [0, 0.1) is 0 Å². The number of benzene rings is 1. The number of piperazine rings is 1. The molecule has 2 heterocycles. The molecule has 0 amide bonds. The van der Waals surface area contributed by atoms with Crippen LogP contribution in [0.2, 0.25) is 0 Å². The van der Waals surface area contributed by atoms with E-state index in [1.165, 1.54) is 11.1 Å². The zero-order chi connectivity index (χ0) is 14.8. The Balaban J connectivity index is 2.04. The molecule has 0 aliphatic carbocycles. The van der Waals surface area contributed by atoms with Crippen LogP contribution in [0.3, 0.4) is 0 Å². The first-order valence-electron chi connectivity index (χ1n) is 7.77. The highest BCUT2D eigenvalue weighted by Gasteiger charge is 2.27. The number of nitrogens with zero attached hydrogens (tertiary/aromatic N) is 2. The number of anilines is 1. The van der Waals surface area contributed by atoms with E-state index < -0.39 is 0 Å². The van der Waals surface area contributed by atoms with Gasteiger partial charge in [-0.25, -0.2) is 0 Å². The minimum absolute atomic E-state index is 0.545. The Hall–Kier alpha value is -1.13. The van der Waals surface area contributed by atoms with Crippen molar-refractivity contribution in [3.8, 4) is 0 Å². The Bertz CT molecular complexity index is 628. The molecule has 1 N–H and O–H groups in total. The van der Waals surface area contributed by atoms with Crippen molar-refractivity contribution in [3.05, 3.63) is 34.9 Å². The summed E-state index contributed by atoms with van der Waals surface area (Å²) in [6, 6.07) is 9.75. The Morgan fingerprint density at radius 3 is 2.95 bits per heavy atom. The maximum atomic E-state index is 4.67.